The molecule has 0 aliphatic carbocycles. The first-order chi connectivity index (χ1) is 8.58. The molecular formula is C12H12ClN3O2. The van der Waals surface area contributed by atoms with Crippen molar-refractivity contribution in [2.45, 2.75) is 6.54 Å². The zero-order valence-electron chi connectivity index (χ0n) is 9.72. The molecule has 1 amide bonds. The minimum Gasteiger partial charge on any atom is -0.507 e. The van der Waals surface area contributed by atoms with Gasteiger partial charge in [-0.1, -0.05) is 11.6 Å². The second-order valence-corrected chi connectivity index (χ2v) is 4.23. The number of halogens is 1. The van der Waals surface area contributed by atoms with Crippen LogP contribution in [0.5, 0.6) is 5.75 Å². The molecule has 2 aromatic rings. The van der Waals surface area contributed by atoms with E-state index >= 15 is 0 Å². The predicted octanol–water partition coefficient (Wildman–Crippen LogP) is 1.71. The first-order valence-electron chi connectivity index (χ1n) is 5.31. The van der Waals surface area contributed by atoms with E-state index in [1.165, 1.54) is 18.2 Å². The van der Waals surface area contributed by atoms with Crippen LogP contribution in [0.1, 0.15) is 16.2 Å². The number of amides is 1. The SMILES string of the molecule is Cn1ccnc1CNC(=O)c1cc(Cl)ccc1O. The van der Waals surface area contributed by atoms with Gasteiger partial charge in [0.15, 0.2) is 0 Å². The maximum Gasteiger partial charge on any atom is 0.255 e. The number of aromatic hydroxyl groups is 1. The zero-order valence-corrected chi connectivity index (χ0v) is 10.5. The molecule has 0 unspecified atom stereocenters. The van der Waals surface area contributed by atoms with E-state index < -0.39 is 5.91 Å². The van der Waals surface area contributed by atoms with Gasteiger partial charge in [0.05, 0.1) is 12.1 Å². The molecule has 0 atom stereocenters. The Kier molecular flexibility index (Phi) is 3.53. The second kappa shape index (κ2) is 5.10. The molecule has 2 rings (SSSR count). The van der Waals surface area contributed by atoms with Crippen LogP contribution in [-0.4, -0.2) is 20.6 Å². The summed E-state index contributed by atoms with van der Waals surface area (Å²) >= 11 is 5.78. The zero-order chi connectivity index (χ0) is 13.1. The lowest BCUT2D eigenvalue weighted by molar-refractivity contribution is 0.0947. The minimum absolute atomic E-state index is 0.100. The summed E-state index contributed by atoms with van der Waals surface area (Å²) in [6.07, 6.45) is 3.44. The number of aromatic nitrogens is 2. The fraction of sp³-hybridized carbons (Fsp3) is 0.167. The van der Waals surface area contributed by atoms with Gasteiger partial charge in [-0.25, -0.2) is 4.98 Å². The van der Waals surface area contributed by atoms with Crippen LogP contribution in [0, 0.1) is 0 Å². The van der Waals surface area contributed by atoms with E-state index in [0.717, 1.165) is 5.82 Å². The highest BCUT2D eigenvalue weighted by Gasteiger charge is 2.12. The van der Waals surface area contributed by atoms with Crippen molar-refractivity contribution in [1.82, 2.24) is 14.9 Å². The molecule has 2 N–H and O–H groups in total. The highest BCUT2D eigenvalue weighted by atomic mass is 35.5. The van der Waals surface area contributed by atoms with Gasteiger partial charge < -0.3 is 15.0 Å². The summed E-state index contributed by atoms with van der Waals surface area (Å²) in [5.74, 6) is 0.236. The highest BCUT2D eigenvalue weighted by molar-refractivity contribution is 6.31. The normalized spacial score (nSPS) is 10.3. The van der Waals surface area contributed by atoms with Crippen LogP contribution >= 0.6 is 11.6 Å². The number of imidazole rings is 1. The van der Waals surface area contributed by atoms with Gasteiger partial charge in [0.1, 0.15) is 11.6 Å². The van der Waals surface area contributed by atoms with E-state index in [4.69, 9.17) is 11.6 Å². The number of carbonyl (C=O) groups excluding carboxylic acids is 1. The van der Waals surface area contributed by atoms with E-state index in [9.17, 15) is 9.90 Å². The molecule has 0 saturated heterocycles. The number of rotatable bonds is 3. The number of benzene rings is 1. The van der Waals surface area contributed by atoms with Gasteiger partial charge >= 0.3 is 0 Å². The van der Waals surface area contributed by atoms with Gasteiger partial charge in [0.25, 0.3) is 5.91 Å². The summed E-state index contributed by atoms with van der Waals surface area (Å²) < 4.78 is 1.80. The van der Waals surface area contributed by atoms with Gasteiger partial charge in [-0.05, 0) is 18.2 Å². The van der Waals surface area contributed by atoms with Gasteiger partial charge in [0.2, 0.25) is 0 Å². The quantitative estimate of drug-likeness (QED) is 0.888. The second-order valence-electron chi connectivity index (χ2n) is 3.80. The van der Waals surface area contributed by atoms with Gasteiger partial charge in [-0.2, -0.15) is 0 Å². The Morgan fingerprint density at radius 3 is 3.00 bits per heavy atom. The Morgan fingerprint density at radius 2 is 2.33 bits per heavy atom. The lowest BCUT2D eigenvalue weighted by atomic mass is 10.2. The van der Waals surface area contributed by atoms with Crippen molar-refractivity contribution in [2.75, 3.05) is 0 Å². The van der Waals surface area contributed by atoms with Crippen molar-refractivity contribution in [3.05, 3.63) is 47.0 Å². The Balaban J connectivity index is 2.08. The van der Waals surface area contributed by atoms with Gasteiger partial charge in [0, 0.05) is 24.5 Å². The van der Waals surface area contributed by atoms with Gasteiger partial charge in [-0.3, -0.25) is 4.79 Å². The maximum atomic E-state index is 11.9. The maximum absolute atomic E-state index is 11.9. The van der Waals surface area contributed by atoms with Crippen molar-refractivity contribution in [3.63, 3.8) is 0 Å². The van der Waals surface area contributed by atoms with Crippen LogP contribution in [0.25, 0.3) is 0 Å². The molecule has 0 aliphatic rings. The predicted molar refractivity (Wildman–Crippen MR) is 67.5 cm³/mol. The van der Waals surface area contributed by atoms with Crippen LogP contribution in [0.4, 0.5) is 0 Å². The molecule has 0 fully saturated rings. The van der Waals surface area contributed by atoms with Crippen LogP contribution in [0.15, 0.2) is 30.6 Å². The first-order valence-corrected chi connectivity index (χ1v) is 5.68. The van der Waals surface area contributed by atoms with Crippen LogP contribution in [-0.2, 0) is 13.6 Å². The number of phenols is 1. The van der Waals surface area contributed by atoms with E-state index in [1.807, 2.05) is 7.05 Å². The molecule has 0 spiro atoms. The molecule has 6 heteroatoms. The molecule has 1 aromatic heterocycles. The van der Waals surface area contributed by atoms with Crippen molar-refractivity contribution in [1.29, 1.82) is 0 Å². The average Bonchev–Trinajstić information content (AvgIpc) is 2.75. The summed E-state index contributed by atoms with van der Waals surface area (Å²) in [4.78, 5) is 15.9. The van der Waals surface area contributed by atoms with Gasteiger partial charge in [-0.15, -0.1) is 0 Å². The Morgan fingerprint density at radius 1 is 1.56 bits per heavy atom. The molecule has 0 radical (unpaired) electrons. The van der Waals surface area contributed by atoms with Crippen molar-refractivity contribution >= 4 is 17.5 Å². The van der Waals surface area contributed by atoms with Crippen LogP contribution < -0.4 is 5.32 Å². The highest BCUT2D eigenvalue weighted by Crippen LogP contribution is 2.21. The van der Waals surface area contributed by atoms with Crippen molar-refractivity contribution in [3.8, 4) is 5.75 Å². The van der Waals surface area contributed by atoms with E-state index in [-0.39, 0.29) is 17.9 Å². The molecule has 0 bridgehead atoms. The number of phenolic OH excluding ortho intramolecular Hbond substituents is 1. The van der Waals surface area contributed by atoms with E-state index in [0.29, 0.717) is 5.02 Å². The summed E-state index contributed by atoms with van der Waals surface area (Å²) in [5.41, 5.74) is 0.150. The molecule has 0 aliphatic heterocycles. The van der Waals surface area contributed by atoms with Crippen molar-refractivity contribution in [2.24, 2.45) is 7.05 Å². The summed E-state index contributed by atoms with van der Waals surface area (Å²) in [6, 6.07) is 4.33. The summed E-state index contributed by atoms with van der Waals surface area (Å²) in [6.45, 7) is 0.286. The van der Waals surface area contributed by atoms with Crippen LogP contribution in [0.3, 0.4) is 0 Å². The first kappa shape index (κ1) is 12.4. The molecule has 94 valence electrons. The summed E-state index contributed by atoms with van der Waals surface area (Å²) in [7, 11) is 1.84. The smallest absolute Gasteiger partial charge is 0.255 e. The molecule has 1 heterocycles. The number of nitrogens with one attached hydrogen (secondary N) is 1. The van der Waals surface area contributed by atoms with Crippen LogP contribution in [0.2, 0.25) is 5.02 Å². The van der Waals surface area contributed by atoms with Crippen molar-refractivity contribution < 1.29 is 9.90 Å². The van der Waals surface area contributed by atoms with E-state index in [1.54, 1.807) is 17.0 Å². The average molecular weight is 266 g/mol. The Bertz CT molecular complexity index is 580. The third-order valence-electron chi connectivity index (χ3n) is 2.53. The summed E-state index contributed by atoms with van der Waals surface area (Å²) in [5, 5.41) is 12.6. The monoisotopic (exact) mass is 265 g/mol. The molecule has 5 nitrogen and oxygen atoms in total. The standard InChI is InChI=1S/C12H12ClN3O2/c1-16-5-4-14-11(16)7-15-12(18)9-6-8(13)2-3-10(9)17/h2-6,17H,7H2,1H3,(H,15,18). The lowest BCUT2D eigenvalue weighted by Gasteiger charge is -2.07. The number of carbonyl (C=O) groups is 1. The Hall–Kier alpha value is -2.01. The number of hydrogen-bond acceptors (Lipinski definition) is 3. The molecular weight excluding hydrogens is 254 g/mol. The largest absolute Gasteiger partial charge is 0.507 e. The van der Waals surface area contributed by atoms with E-state index in [2.05, 4.69) is 10.3 Å². The third kappa shape index (κ3) is 2.62. The number of aryl methyl sites for hydroxylation is 1. The molecule has 0 saturated carbocycles. The minimum atomic E-state index is -0.391. The fourth-order valence-electron chi connectivity index (χ4n) is 1.51. The molecule has 18 heavy (non-hydrogen) atoms. The number of nitrogens with zero attached hydrogens (tertiary/aromatic N) is 2. The lowest BCUT2D eigenvalue weighted by Crippen LogP contribution is -2.24. The number of hydrogen-bond donors (Lipinski definition) is 2. The third-order valence-corrected chi connectivity index (χ3v) is 2.77. The topological polar surface area (TPSA) is 67.2 Å². The fourth-order valence-corrected chi connectivity index (χ4v) is 1.68. The Labute approximate surface area is 109 Å². The molecule has 1 aromatic carbocycles.